The van der Waals surface area contributed by atoms with Crippen LogP contribution in [0.15, 0.2) is 36.4 Å². The third kappa shape index (κ3) is 3.46. The number of nitrogens with one attached hydrogen (secondary N) is 1. The number of benzene rings is 1. The number of allylic oxidation sites excluding steroid dienone is 2. The number of hydrogen-bond donors (Lipinski definition) is 1. The minimum Gasteiger partial charge on any atom is -0.326 e. The summed E-state index contributed by atoms with van der Waals surface area (Å²) in [6, 6.07) is 8.20. The zero-order valence-electron chi connectivity index (χ0n) is 11.0. The number of anilines is 1. The van der Waals surface area contributed by atoms with Gasteiger partial charge in [-0.1, -0.05) is 37.6 Å². The Kier molecular flexibility index (Phi) is 4.57. The van der Waals surface area contributed by atoms with Gasteiger partial charge in [0.1, 0.15) is 0 Å². The first-order valence-electron chi connectivity index (χ1n) is 6.84. The lowest BCUT2D eigenvalue weighted by atomic mass is 9.93. The molecule has 0 aliphatic heterocycles. The van der Waals surface area contributed by atoms with Crippen LogP contribution >= 0.6 is 0 Å². The molecule has 0 radical (unpaired) electrons. The fourth-order valence-corrected chi connectivity index (χ4v) is 2.32. The Balaban J connectivity index is 1.92. The summed E-state index contributed by atoms with van der Waals surface area (Å²) in [5.74, 6) is 0.299. The van der Waals surface area contributed by atoms with Crippen molar-refractivity contribution in [1.29, 1.82) is 0 Å². The second-order valence-corrected chi connectivity index (χ2v) is 4.92. The summed E-state index contributed by atoms with van der Waals surface area (Å²) in [4.78, 5) is 12.0. The topological polar surface area (TPSA) is 29.1 Å². The largest absolute Gasteiger partial charge is 0.326 e. The van der Waals surface area contributed by atoms with Crippen molar-refractivity contribution < 1.29 is 4.79 Å². The molecule has 0 saturated heterocycles. The van der Waals surface area contributed by atoms with E-state index in [1.165, 1.54) is 5.56 Å². The second-order valence-electron chi connectivity index (χ2n) is 4.92. The molecule has 1 aliphatic rings. The first-order valence-corrected chi connectivity index (χ1v) is 6.84. The van der Waals surface area contributed by atoms with Gasteiger partial charge in [-0.25, -0.2) is 0 Å². The fraction of sp³-hybridized carbons (Fsp3) is 0.438. The van der Waals surface area contributed by atoms with Gasteiger partial charge in [0.15, 0.2) is 0 Å². The average Bonchev–Trinajstić information content (AvgIpc) is 2.42. The van der Waals surface area contributed by atoms with Crippen LogP contribution in [0, 0.1) is 5.92 Å². The van der Waals surface area contributed by atoms with Crippen LogP contribution in [-0.2, 0) is 11.2 Å². The van der Waals surface area contributed by atoms with Crippen LogP contribution in [0.4, 0.5) is 5.69 Å². The normalized spacial score (nSPS) is 18.6. The van der Waals surface area contributed by atoms with Crippen molar-refractivity contribution in [3.05, 3.63) is 42.0 Å². The summed E-state index contributed by atoms with van der Waals surface area (Å²) >= 11 is 0. The molecule has 18 heavy (non-hydrogen) atoms. The van der Waals surface area contributed by atoms with Gasteiger partial charge in [-0.2, -0.15) is 0 Å². The maximum atomic E-state index is 12.0. The summed E-state index contributed by atoms with van der Waals surface area (Å²) in [6.45, 7) is 2.17. The number of hydrogen-bond acceptors (Lipinski definition) is 1. The molecule has 1 N–H and O–H groups in total. The number of amides is 1. The quantitative estimate of drug-likeness (QED) is 0.797. The third-order valence-corrected chi connectivity index (χ3v) is 3.40. The van der Waals surface area contributed by atoms with Crippen LogP contribution in [0.5, 0.6) is 0 Å². The van der Waals surface area contributed by atoms with Gasteiger partial charge in [0.25, 0.3) is 0 Å². The van der Waals surface area contributed by atoms with E-state index in [4.69, 9.17) is 0 Å². The van der Waals surface area contributed by atoms with Crippen LogP contribution in [0.2, 0.25) is 0 Å². The molecule has 1 amide bonds. The summed E-state index contributed by atoms with van der Waals surface area (Å²) < 4.78 is 0. The average molecular weight is 243 g/mol. The van der Waals surface area contributed by atoms with E-state index in [-0.39, 0.29) is 11.8 Å². The van der Waals surface area contributed by atoms with Gasteiger partial charge in [0, 0.05) is 11.6 Å². The van der Waals surface area contributed by atoms with Crippen molar-refractivity contribution in [2.45, 2.75) is 39.0 Å². The minimum absolute atomic E-state index is 0.144. The molecule has 0 spiro atoms. The maximum Gasteiger partial charge on any atom is 0.227 e. The summed E-state index contributed by atoms with van der Waals surface area (Å²) in [6.07, 6.45) is 9.38. The molecule has 0 fully saturated rings. The molecule has 0 heterocycles. The maximum absolute atomic E-state index is 12.0. The van der Waals surface area contributed by atoms with Gasteiger partial charge >= 0.3 is 0 Å². The highest BCUT2D eigenvalue weighted by molar-refractivity contribution is 5.92. The Morgan fingerprint density at radius 1 is 1.28 bits per heavy atom. The summed E-state index contributed by atoms with van der Waals surface area (Å²) in [7, 11) is 0. The van der Waals surface area contributed by atoms with Gasteiger partial charge in [-0.05, 0) is 43.4 Å². The predicted octanol–water partition coefficient (Wildman–Crippen LogP) is 3.93. The van der Waals surface area contributed by atoms with Crippen molar-refractivity contribution in [3.63, 3.8) is 0 Å². The van der Waals surface area contributed by atoms with E-state index in [2.05, 4.69) is 36.5 Å². The molecule has 1 aromatic carbocycles. The third-order valence-electron chi connectivity index (χ3n) is 3.40. The molecular weight excluding hydrogens is 222 g/mol. The van der Waals surface area contributed by atoms with Crippen molar-refractivity contribution in [2.24, 2.45) is 5.92 Å². The SMILES string of the molecule is CCCc1ccc(NC(=O)C2CC=CCC2)cc1. The van der Waals surface area contributed by atoms with Gasteiger partial charge in [-0.15, -0.1) is 0 Å². The van der Waals surface area contributed by atoms with Crippen LogP contribution in [-0.4, -0.2) is 5.91 Å². The standard InChI is InChI=1S/C16H21NO/c1-2-6-13-9-11-15(12-10-13)17-16(18)14-7-4-3-5-8-14/h3-4,9-12,14H,2,5-8H2,1H3,(H,17,18). The monoisotopic (exact) mass is 243 g/mol. The fourth-order valence-electron chi connectivity index (χ4n) is 2.32. The Labute approximate surface area is 109 Å². The molecule has 2 rings (SSSR count). The van der Waals surface area contributed by atoms with Crippen molar-refractivity contribution in [2.75, 3.05) is 5.32 Å². The zero-order valence-corrected chi connectivity index (χ0v) is 11.0. The summed E-state index contributed by atoms with van der Waals surface area (Å²) in [5, 5.41) is 3.01. The molecule has 1 atom stereocenters. The Morgan fingerprint density at radius 3 is 2.67 bits per heavy atom. The van der Waals surface area contributed by atoms with Gasteiger partial charge < -0.3 is 5.32 Å². The molecule has 1 aliphatic carbocycles. The Hall–Kier alpha value is -1.57. The molecule has 0 saturated carbocycles. The van der Waals surface area contributed by atoms with Gasteiger partial charge in [0.05, 0.1) is 0 Å². The van der Waals surface area contributed by atoms with Gasteiger partial charge in [0.2, 0.25) is 5.91 Å². The lowest BCUT2D eigenvalue weighted by molar-refractivity contribution is -0.120. The van der Waals surface area contributed by atoms with Crippen LogP contribution in [0.25, 0.3) is 0 Å². The molecule has 1 aromatic rings. The predicted molar refractivity (Wildman–Crippen MR) is 75.5 cm³/mol. The van der Waals surface area contributed by atoms with E-state index in [9.17, 15) is 4.79 Å². The lowest BCUT2D eigenvalue weighted by Crippen LogP contribution is -2.23. The molecule has 1 unspecified atom stereocenters. The minimum atomic E-state index is 0.144. The van der Waals surface area contributed by atoms with E-state index in [1.807, 2.05) is 12.1 Å². The summed E-state index contributed by atoms with van der Waals surface area (Å²) in [5.41, 5.74) is 2.24. The van der Waals surface area contributed by atoms with E-state index in [0.29, 0.717) is 0 Å². The van der Waals surface area contributed by atoms with Crippen LogP contribution in [0.3, 0.4) is 0 Å². The number of carbonyl (C=O) groups excluding carboxylic acids is 1. The Bertz CT molecular complexity index is 419. The molecule has 96 valence electrons. The number of carbonyl (C=O) groups is 1. The van der Waals surface area contributed by atoms with E-state index >= 15 is 0 Å². The van der Waals surface area contributed by atoms with E-state index in [0.717, 1.165) is 37.8 Å². The highest BCUT2D eigenvalue weighted by atomic mass is 16.1. The van der Waals surface area contributed by atoms with E-state index in [1.54, 1.807) is 0 Å². The highest BCUT2D eigenvalue weighted by Gasteiger charge is 2.18. The van der Waals surface area contributed by atoms with Crippen molar-refractivity contribution >= 4 is 11.6 Å². The highest BCUT2D eigenvalue weighted by Crippen LogP contribution is 2.20. The molecular formula is C16H21NO. The first-order chi connectivity index (χ1) is 8.79. The van der Waals surface area contributed by atoms with Crippen LogP contribution in [0.1, 0.15) is 38.2 Å². The first kappa shape index (κ1) is 12.9. The Morgan fingerprint density at radius 2 is 2.06 bits per heavy atom. The number of rotatable bonds is 4. The van der Waals surface area contributed by atoms with Crippen molar-refractivity contribution in [1.82, 2.24) is 0 Å². The lowest BCUT2D eigenvalue weighted by Gasteiger charge is -2.17. The number of aryl methyl sites for hydroxylation is 1. The van der Waals surface area contributed by atoms with Crippen LogP contribution < -0.4 is 5.32 Å². The molecule has 2 nitrogen and oxygen atoms in total. The smallest absolute Gasteiger partial charge is 0.227 e. The molecule has 2 heteroatoms. The van der Waals surface area contributed by atoms with E-state index < -0.39 is 0 Å². The second kappa shape index (κ2) is 6.39. The van der Waals surface area contributed by atoms with Crippen molar-refractivity contribution in [3.8, 4) is 0 Å². The molecule has 0 bridgehead atoms. The van der Waals surface area contributed by atoms with Gasteiger partial charge in [-0.3, -0.25) is 4.79 Å². The molecule has 0 aromatic heterocycles. The zero-order chi connectivity index (χ0) is 12.8.